The van der Waals surface area contributed by atoms with E-state index in [4.69, 9.17) is 4.74 Å². The second kappa shape index (κ2) is 7.94. The largest absolute Gasteiger partial charge is 0.489 e. The van der Waals surface area contributed by atoms with Crippen LogP contribution >= 0.6 is 0 Å². The van der Waals surface area contributed by atoms with Crippen LogP contribution in [0.4, 0.5) is 4.39 Å². The molecule has 0 spiro atoms. The number of hydrogen-bond acceptors (Lipinski definition) is 2. The summed E-state index contributed by atoms with van der Waals surface area (Å²) in [4.78, 5) is 0. The summed E-state index contributed by atoms with van der Waals surface area (Å²) >= 11 is 0. The van der Waals surface area contributed by atoms with Crippen LogP contribution in [0.25, 0.3) is 10.8 Å². The van der Waals surface area contributed by atoms with E-state index in [1.54, 1.807) is 12.1 Å². The molecular formula is C28H30FNO. The van der Waals surface area contributed by atoms with Crippen molar-refractivity contribution in [2.75, 3.05) is 0 Å². The monoisotopic (exact) mass is 415 g/mol. The molecule has 2 nitrogen and oxygen atoms in total. The summed E-state index contributed by atoms with van der Waals surface area (Å²) in [6.45, 7) is 1.29. The van der Waals surface area contributed by atoms with Crippen molar-refractivity contribution in [1.82, 2.24) is 5.32 Å². The minimum Gasteiger partial charge on any atom is -0.489 e. The smallest absolute Gasteiger partial charge is 0.124 e. The molecule has 0 atom stereocenters. The summed E-state index contributed by atoms with van der Waals surface area (Å²) in [6, 6.07) is 20.0. The average molecular weight is 416 g/mol. The van der Waals surface area contributed by atoms with E-state index in [0.29, 0.717) is 12.6 Å². The highest BCUT2D eigenvalue weighted by molar-refractivity contribution is 5.87. The lowest BCUT2D eigenvalue weighted by Crippen LogP contribution is -2.54. The van der Waals surface area contributed by atoms with E-state index in [-0.39, 0.29) is 5.82 Å². The van der Waals surface area contributed by atoms with Crippen molar-refractivity contribution >= 4 is 10.8 Å². The fraction of sp³-hybridized carbons (Fsp3) is 0.429. The van der Waals surface area contributed by atoms with Gasteiger partial charge in [-0.05, 0) is 90.3 Å². The zero-order chi connectivity index (χ0) is 20.8. The maximum atomic E-state index is 13.2. The molecule has 4 aliphatic carbocycles. The van der Waals surface area contributed by atoms with Crippen LogP contribution in [0.3, 0.4) is 0 Å². The first-order chi connectivity index (χ1) is 15.2. The number of fused-ring (bicyclic) bond motifs is 1. The van der Waals surface area contributed by atoms with Crippen LogP contribution in [0.5, 0.6) is 5.75 Å². The summed E-state index contributed by atoms with van der Waals surface area (Å²) in [5.74, 6) is 4.42. The van der Waals surface area contributed by atoms with Gasteiger partial charge >= 0.3 is 0 Å². The molecule has 0 heterocycles. The molecule has 3 aromatic rings. The lowest BCUT2D eigenvalue weighted by atomic mass is 9.54. The fourth-order valence-corrected chi connectivity index (χ4v) is 6.85. The highest BCUT2D eigenvalue weighted by Gasteiger charge is 2.47. The van der Waals surface area contributed by atoms with E-state index in [2.05, 4.69) is 41.7 Å². The Balaban J connectivity index is 1.24. The van der Waals surface area contributed by atoms with Gasteiger partial charge in [-0.2, -0.15) is 0 Å². The van der Waals surface area contributed by atoms with Crippen molar-refractivity contribution in [1.29, 1.82) is 0 Å². The van der Waals surface area contributed by atoms with Gasteiger partial charge in [0.15, 0.2) is 0 Å². The lowest BCUT2D eigenvalue weighted by Gasteiger charge is -2.54. The number of rotatable bonds is 6. The Kier molecular flexibility index (Phi) is 4.95. The molecule has 160 valence electrons. The van der Waals surface area contributed by atoms with Crippen molar-refractivity contribution in [3.8, 4) is 5.75 Å². The van der Waals surface area contributed by atoms with Gasteiger partial charge in [0.1, 0.15) is 18.2 Å². The number of hydrogen-bond donors (Lipinski definition) is 1. The molecular weight excluding hydrogens is 385 g/mol. The number of benzene rings is 3. The molecule has 4 bridgehead atoms. The van der Waals surface area contributed by atoms with Crippen molar-refractivity contribution in [3.63, 3.8) is 0 Å². The van der Waals surface area contributed by atoms with Crippen molar-refractivity contribution in [2.24, 2.45) is 23.7 Å². The Hall–Kier alpha value is -2.39. The standard InChI is InChI=1S/C28H30FNO/c29-24-8-5-18(6-9-24)17-31-27-10-7-21-3-1-2-4-25(21)26(27)16-30-28-22-12-19-11-20(14-22)15-23(28)13-19/h1-10,19-20,22-23,28,30H,11-17H2. The summed E-state index contributed by atoms with van der Waals surface area (Å²) in [6.07, 6.45) is 7.19. The maximum Gasteiger partial charge on any atom is 0.124 e. The molecule has 31 heavy (non-hydrogen) atoms. The van der Waals surface area contributed by atoms with Gasteiger partial charge in [-0.1, -0.05) is 42.5 Å². The third-order valence-electron chi connectivity index (χ3n) is 8.05. The number of ether oxygens (including phenoxy) is 1. The molecule has 4 saturated carbocycles. The molecule has 4 fully saturated rings. The molecule has 0 saturated heterocycles. The third-order valence-corrected chi connectivity index (χ3v) is 8.05. The van der Waals surface area contributed by atoms with Crippen molar-refractivity contribution < 1.29 is 9.13 Å². The summed E-state index contributed by atoms with van der Waals surface area (Å²) in [5.41, 5.74) is 2.23. The van der Waals surface area contributed by atoms with Gasteiger partial charge < -0.3 is 10.1 Å². The summed E-state index contributed by atoms with van der Waals surface area (Å²) in [7, 11) is 0. The quantitative estimate of drug-likeness (QED) is 0.498. The van der Waals surface area contributed by atoms with Crippen LogP contribution in [-0.4, -0.2) is 6.04 Å². The Bertz CT molecular complexity index is 1050. The molecule has 0 aromatic heterocycles. The fourth-order valence-electron chi connectivity index (χ4n) is 6.85. The SMILES string of the molecule is Fc1ccc(COc2ccc3ccccc3c2CNC2C3CC4CC(C3)CC2C4)cc1. The Morgan fingerprint density at radius 3 is 2.26 bits per heavy atom. The van der Waals surface area contributed by atoms with Gasteiger partial charge in [0.25, 0.3) is 0 Å². The Labute approximate surface area is 183 Å². The number of nitrogens with one attached hydrogen (secondary N) is 1. The zero-order valence-electron chi connectivity index (χ0n) is 17.9. The highest BCUT2D eigenvalue weighted by Crippen LogP contribution is 2.53. The molecule has 0 amide bonds. The first kappa shape index (κ1) is 19.3. The maximum absolute atomic E-state index is 13.2. The first-order valence-corrected chi connectivity index (χ1v) is 11.8. The van der Waals surface area contributed by atoms with Crippen LogP contribution in [0.2, 0.25) is 0 Å². The van der Waals surface area contributed by atoms with E-state index in [1.165, 1.54) is 60.6 Å². The van der Waals surface area contributed by atoms with Gasteiger partial charge in [0.2, 0.25) is 0 Å². The second-order valence-corrected chi connectivity index (χ2v) is 10.0. The van der Waals surface area contributed by atoms with Gasteiger partial charge in [0.05, 0.1) is 0 Å². The summed E-state index contributed by atoms with van der Waals surface area (Å²) in [5, 5.41) is 6.50. The molecule has 3 heteroatoms. The van der Waals surface area contributed by atoms with Gasteiger partial charge in [-0.25, -0.2) is 4.39 Å². The van der Waals surface area contributed by atoms with Crippen LogP contribution in [-0.2, 0) is 13.2 Å². The van der Waals surface area contributed by atoms with E-state index in [1.807, 2.05) is 0 Å². The molecule has 7 rings (SSSR count). The zero-order valence-corrected chi connectivity index (χ0v) is 17.9. The van der Waals surface area contributed by atoms with E-state index in [9.17, 15) is 4.39 Å². The average Bonchev–Trinajstić information content (AvgIpc) is 2.78. The predicted octanol–water partition coefficient (Wildman–Crippen LogP) is 6.47. The third kappa shape index (κ3) is 3.74. The van der Waals surface area contributed by atoms with Gasteiger partial charge in [0, 0.05) is 18.2 Å². The normalized spacial score (nSPS) is 28.9. The summed E-state index contributed by atoms with van der Waals surface area (Å²) < 4.78 is 19.5. The molecule has 0 aliphatic heterocycles. The topological polar surface area (TPSA) is 21.3 Å². The molecule has 3 aromatic carbocycles. The second-order valence-electron chi connectivity index (χ2n) is 10.0. The predicted molar refractivity (Wildman–Crippen MR) is 122 cm³/mol. The van der Waals surface area contributed by atoms with E-state index in [0.717, 1.165) is 41.5 Å². The molecule has 0 unspecified atom stereocenters. The minimum atomic E-state index is -0.213. The van der Waals surface area contributed by atoms with E-state index < -0.39 is 0 Å². The highest BCUT2D eigenvalue weighted by atomic mass is 19.1. The lowest BCUT2D eigenvalue weighted by molar-refractivity contribution is -0.0143. The van der Waals surface area contributed by atoms with Gasteiger partial charge in [-0.3, -0.25) is 0 Å². The van der Waals surface area contributed by atoms with Gasteiger partial charge in [-0.15, -0.1) is 0 Å². The van der Waals surface area contributed by atoms with Crippen LogP contribution in [0, 0.1) is 29.5 Å². The van der Waals surface area contributed by atoms with Crippen LogP contribution < -0.4 is 10.1 Å². The minimum absolute atomic E-state index is 0.213. The van der Waals surface area contributed by atoms with Crippen LogP contribution in [0.1, 0.15) is 43.2 Å². The Morgan fingerprint density at radius 1 is 0.806 bits per heavy atom. The molecule has 4 aliphatic rings. The molecule has 1 N–H and O–H groups in total. The molecule has 0 radical (unpaired) electrons. The van der Waals surface area contributed by atoms with Crippen LogP contribution in [0.15, 0.2) is 60.7 Å². The van der Waals surface area contributed by atoms with Crippen molar-refractivity contribution in [2.45, 2.75) is 51.3 Å². The first-order valence-electron chi connectivity index (χ1n) is 11.8. The van der Waals surface area contributed by atoms with Crippen molar-refractivity contribution in [3.05, 3.63) is 77.6 Å². The van der Waals surface area contributed by atoms with E-state index >= 15 is 0 Å². The number of halogens is 1. The Morgan fingerprint density at radius 2 is 1.52 bits per heavy atom.